The summed E-state index contributed by atoms with van der Waals surface area (Å²) in [6.45, 7) is 6.17. The van der Waals surface area contributed by atoms with E-state index >= 15 is 4.39 Å². The second kappa shape index (κ2) is 9.01. The van der Waals surface area contributed by atoms with E-state index in [-0.39, 0.29) is 35.2 Å². The van der Waals surface area contributed by atoms with Crippen molar-refractivity contribution in [1.82, 2.24) is 4.57 Å². The molecule has 0 amide bonds. The molecule has 3 aromatic rings. The quantitative estimate of drug-likeness (QED) is 0.352. The summed E-state index contributed by atoms with van der Waals surface area (Å²) in [6, 6.07) is 9.79. The van der Waals surface area contributed by atoms with Crippen LogP contribution in [0.3, 0.4) is 0 Å². The Morgan fingerprint density at radius 1 is 1.36 bits per heavy atom. The van der Waals surface area contributed by atoms with Crippen molar-refractivity contribution in [3.8, 4) is 5.75 Å². The van der Waals surface area contributed by atoms with Crippen LogP contribution in [0.4, 0.5) is 21.5 Å². The van der Waals surface area contributed by atoms with Crippen LogP contribution in [0, 0.1) is 5.82 Å². The van der Waals surface area contributed by atoms with Gasteiger partial charge in [-0.15, -0.1) is 0 Å². The molecule has 1 aliphatic rings. The van der Waals surface area contributed by atoms with E-state index in [0.717, 1.165) is 25.2 Å². The van der Waals surface area contributed by atoms with Crippen LogP contribution in [0.2, 0.25) is 0 Å². The summed E-state index contributed by atoms with van der Waals surface area (Å²) in [5, 5.41) is 12.4. The van der Waals surface area contributed by atoms with Gasteiger partial charge in [-0.1, -0.05) is 18.2 Å². The second-order valence-electron chi connectivity index (χ2n) is 8.10. The minimum atomic E-state index is -1.38. The third-order valence-electron chi connectivity index (χ3n) is 5.99. The standard InChI is InChI=1S/C24H27FN4O4/c1-3-28(15-8-5-4-6-9-15)11-7-10-27-20-18(25)19(26)17-21-23(20)33-13-14(2)29(21)12-16(22(17)30)24(31)32/h4-6,8-9,12,14,27H,3,7,10-11,13,26H2,1-2H3,(H,31,32). The first-order chi connectivity index (χ1) is 15.8. The first kappa shape index (κ1) is 22.4. The molecule has 1 aromatic heterocycles. The number of anilines is 3. The van der Waals surface area contributed by atoms with Crippen molar-refractivity contribution >= 4 is 33.9 Å². The first-order valence-electron chi connectivity index (χ1n) is 10.9. The smallest absolute Gasteiger partial charge is 0.341 e. The number of nitrogens with zero attached hydrogens (tertiary/aromatic N) is 2. The zero-order chi connectivity index (χ0) is 23.7. The topological polar surface area (TPSA) is 110 Å². The number of benzene rings is 2. The normalized spacial score (nSPS) is 14.7. The van der Waals surface area contributed by atoms with Crippen LogP contribution in [-0.2, 0) is 0 Å². The summed E-state index contributed by atoms with van der Waals surface area (Å²) in [4.78, 5) is 26.6. The molecule has 1 atom stereocenters. The maximum Gasteiger partial charge on any atom is 0.341 e. The predicted molar refractivity (Wildman–Crippen MR) is 127 cm³/mol. The number of aromatic nitrogens is 1. The van der Waals surface area contributed by atoms with Gasteiger partial charge in [0.15, 0.2) is 11.6 Å². The van der Waals surface area contributed by atoms with Crippen molar-refractivity contribution in [3.05, 3.63) is 58.1 Å². The minimum absolute atomic E-state index is 0.0888. The van der Waals surface area contributed by atoms with Crippen LogP contribution in [-0.4, -0.2) is 41.9 Å². The molecule has 2 heterocycles. The number of nitrogens with one attached hydrogen (secondary N) is 1. The van der Waals surface area contributed by atoms with Gasteiger partial charge in [-0.05, 0) is 32.4 Å². The fourth-order valence-electron chi connectivity index (χ4n) is 4.25. The van der Waals surface area contributed by atoms with Crippen LogP contribution in [0.25, 0.3) is 10.9 Å². The van der Waals surface area contributed by atoms with E-state index in [1.54, 1.807) is 4.57 Å². The van der Waals surface area contributed by atoms with Crippen molar-refractivity contribution in [2.75, 3.05) is 42.2 Å². The summed E-state index contributed by atoms with van der Waals surface area (Å²) in [5.41, 5.74) is 5.88. The summed E-state index contributed by atoms with van der Waals surface area (Å²) < 4.78 is 22.7. The monoisotopic (exact) mass is 454 g/mol. The van der Waals surface area contributed by atoms with E-state index in [0.29, 0.717) is 12.1 Å². The van der Waals surface area contributed by atoms with Gasteiger partial charge in [0, 0.05) is 31.5 Å². The van der Waals surface area contributed by atoms with E-state index in [1.165, 1.54) is 6.20 Å². The minimum Gasteiger partial charge on any atom is -0.487 e. The highest BCUT2D eigenvalue weighted by Crippen LogP contribution is 2.43. The lowest BCUT2D eigenvalue weighted by Gasteiger charge is -2.29. The van der Waals surface area contributed by atoms with E-state index in [1.807, 2.05) is 37.3 Å². The molecular weight excluding hydrogens is 427 g/mol. The molecule has 0 fully saturated rings. The Labute approximate surface area is 190 Å². The van der Waals surface area contributed by atoms with Gasteiger partial charge in [0.2, 0.25) is 5.43 Å². The van der Waals surface area contributed by atoms with Crippen LogP contribution in [0.15, 0.2) is 41.3 Å². The van der Waals surface area contributed by atoms with E-state index in [9.17, 15) is 14.7 Å². The van der Waals surface area contributed by atoms with Crippen molar-refractivity contribution < 1.29 is 19.0 Å². The molecule has 0 radical (unpaired) electrons. The van der Waals surface area contributed by atoms with E-state index in [4.69, 9.17) is 10.5 Å². The van der Waals surface area contributed by atoms with E-state index in [2.05, 4.69) is 17.1 Å². The largest absolute Gasteiger partial charge is 0.487 e. The van der Waals surface area contributed by atoms with Gasteiger partial charge in [-0.2, -0.15) is 0 Å². The number of nitrogens with two attached hydrogens (primary N) is 1. The van der Waals surface area contributed by atoms with Crippen LogP contribution >= 0.6 is 0 Å². The second-order valence-corrected chi connectivity index (χ2v) is 8.10. The maximum absolute atomic E-state index is 15.3. The van der Waals surface area contributed by atoms with E-state index < -0.39 is 22.8 Å². The highest BCUT2D eigenvalue weighted by Gasteiger charge is 2.30. The Morgan fingerprint density at radius 3 is 2.76 bits per heavy atom. The molecule has 0 aliphatic carbocycles. The number of ether oxygens (including phenoxy) is 1. The summed E-state index contributed by atoms with van der Waals surface area (Å²) in [6.07, 6.45) is 2.00. The summed E-state index contributed by atoms with van der Waals surface area (Å²) >= 11 is 0. The average Bonchev–Trinajstić information content (AvgIpc) is 2.81. The summed E-state index contributed by atoms with van der Waals surface area (Å²) in [5.74, 6) is -2.01. The lowest BCUT2D eigenvalue weighted by atomic mass is 10.0. The molecule has 4 rings (SSSR count). The molecule has 0 spiro atoms. The molecule has 174 valence electrons. The third-order valence-corrected chi connectivity index (χ3v) is 5.99. The number of pyridine rings is 1. The zero-order valence-corrected chi connectivity index (χ0v) is 18.6. The number of carboxylic acids is 1. The molecule has 4 N–H and O–H groups in total. The van der Waals surface area contributed by atoms with Gasteiger partial charge in [-0.25, -0.2) is 9.18 Å². The number of para-hydroxylation sites is 1. The van der Waals surface area contributed by atoms with Crippen LogP contribution in [0.1, 0.15) is 36.7 Å². The molecule has 0 saturated heterocycles. The Kier molecular flexibility index (Phi) is 6.13. The number of rotatable bonds is 8. The number of carbonyl (C=O) groups is 1. The molecule has 1 aliphatic heterocycles. The molecule has 0 bridgehead atoms. The number of hydrogen-bond acceptors (Lipinski definition) is 6. The van der Waals surface area contributed by atoms with Gasteiger partial charge in [0.25, 0.3) is 0 Å². The molecule has 0 saturated carbocycles. The van der Waals surface area contributed by atoms with Crippen LogP contribution < -0.4 is 26.1 Å². The number of hydrogen-bond donors (Lipinski definition) is 3. The molecule has 9 heteroatoms. The van der Waals surface area contributed by atoms with Crippen molar-refractivity contribution in [2.24, 2.45) is 0 Å². The van der Waals surface area contributed by atoms with Gasteiger partial charge in [-0.3, -0.25) is 4.79 Å². The van der Waals surface area contributed by atoms with Crippen LogP contribution in [0.5, 0.6) is 5.75 Å². The lowest BCUT2D eigenvalue weighted by Crippen LogP contribution is -2.28. The lowest BCUT2D eigenvalue weighted by molar-refractivity contribution is 0.0694. The average molecular weight is 455 g/mol. The number of halogens is 1. The van der Waals surface area contributed by atoms with Crippen molar-refractivity contribution in [2.45, 2.75) is 26.3 Å². The van der Waals surface area contributed by atoms with Gasteiger partial charge < -0.3 is 30.4 Å². The van der Waals surface area contributed by atoms with Crippen molar-refractivity contribution in [3.63, 3.8) is 0 Å². The Balaban J connectivity index is 1.66. The Hall–Kier alpha value is -3.75. The Morgan fingerprint density at radius 2 is 2.09 bits per heavy atom. The number of nitrogen functional groups attached to an aromatic ring is 1. The van der Waals surface area contributed by atoms with Gasteiger partial charge in [0.1, 0.15) is 17.9 Å². The Bertz CT molecular complexity index is 1260. The molecular formula is C24H27FN4O4. The zero-order valence-electron chi connectivity index (χ0n) is 18.6. The molecule has 8 nitrogen and oxygen atoms in total. The fraction of sp³-hybridized carbons (Fsp3) is 0.333. The number of aromatic carboxylic acids is 1. The summed E-state index contributed by atoms with van der Waals surface area (Å²) in [7, 11) is 0. The number of carboxylic acid groups (broad SMARTS) is 1. The molecule has 33 heavy (non-hydrogen) atoms. The van der Waals surface area contributed by atoms with Crippen molar-refractivity contribution in [1.29, 1.82) is 0 Å². The maximum atomic E-state index is 15.3. The molecule has 2 aromatic carbocycles. The fourth-order valence-corrected chi connectivity index (χ4v) is 4.25. The SMILES string of the molecule is CCN(CCCNc1c(F)c(N)c2c(=O)c(C(=O)O)cn3c2c1OCC3C)c1ccccc1. The third kappa shape index (κ3) is 3.94. The van der Waals surface area contributed by atoms with Gasteiger partial charge >= 0.3 is 5.97 Å². The molecule has 1 unspecified atom stereocenters. The predicted octanol–water partition coefficient (Wildman–Crippen LogP) is 3.70. The highest BCUT2D eigenvalue weighted by atomic mass is 19.1. The van der Waals surface area contributed by atoms with Gasteiger partial charge in [0.05, 0.1) is 22.6 Å². The first-order valence-corrected chi connectivity index (χ1v) is 10.9. The highest BCUT2D eigenvalue weighted by molar-refractivity contribution is 6.03.